The van der Waals surface area contributed by atoms with E-state index in [0.717, 1.165) is 25.7 Å². The van der Waals surface area contributed by atoms with Crippen molar-refractivity contribution in [2.75, 3.05) is 30.0 Å². The maximum absolute atomic E-state index is 13.2. The summed E-state index contributed by atoms with van der Waals surface area (Å²) in [5.74, 6) is -3.47. The van der Waals surface area contributed by atoms with Crippen LogP contribution in [0.4, 0.5) is 24.7 Å². The summed E-state index contributed by atoms with van der Waals surface area (Å²) < 4.78 is 59.8. The van der Waals surface area contributed by atoms with Crippen LogP contribution in [0.5, 0.6) is 0 Å². The first-order chi connectivity index (χ1) is 21.0. The number of nitrogens with one attached hydrogen (secondary N) is 2. The number of piperidine rings is 1. The van der Waals surface area contributed by atoms with Crippen molar-refractivity contribution in [2.45, 2.75) is 62.8 Å². The Hall–Kier alpha value is -4.30. The molecule has 3 aromatic rings. The number of aliphatic carboxylic acids is 1. The Morgan fingerprint density at radius 2 is 1.76 bits per heavy atom. The van der Waals surface area contributed by atoms with Crippen LogP contribution in [-0.4, -0.2) is 97.6 Å². The van der Waals surface area contributed by atoms with Crippen LogP contribution in [-0.2, 0) is 14.8 Å². The first-order valence-corrected chi connectivity index (χ1v) is 15.7. The van der Waals surface area contributed by atoms with Crippen LogP contribution >= 0.6 is 0 Å². The molecule has 20 heteroatoms. The fourth-order valence-electron chi connectivity index (χ4n) is 5.12. The van der Waals surface area contributed by atoms with Crippen molar-refractivity contribution in [2.24, 2.45) is 11.5 Å². The van der Waals surface area contributed by atoms with Crippen LogP contribution in [0.1, 0.15) is 65.4 Å². The third-order valence-electron chi connectivity index (χ3n) is 7.49. The van der Waals surface area contributed by atoms with Crippen molar-refractivity contribution in [1.29, 1.82) is 0 Å². The van der Waals surface area contributed by atoms with Gasteiger partial charge in [0.2, 0.25) is 10.0 Å². The Balaban J connectivity index is 0.000000591. The molecular formula is C25H33F3N10O6S. The molecule has 2 amide bonds. The van der Waals surface area contributed by atoms with Crippen molar-refractivity contribution in [3.05, 3.63) is 35.9 Å². The monoisotopic (exact) mass is 658 g/mol. The average molecular weight is 659 g/mol. The van der Waals surface area contributed by atoms with E-state index in [9.17, 15) is 31.2 Å². The SMILES string of the molecule is CS(=O)(=O)N1CCC(n2cc(NC(=O)c3cnn4ccc(N[C@H]5CCCC[C@H]5N)nc34)c(C(N)=O)n2)CC1.O=C(O)C(F)(F)F. The van der Waals surface area contributed by atoms with E-state index >= 15 is 0 Å². The Bertz CT molecular complexity index is 1670. The number of carboxylic acid groups (broad SMARTS) is 1. The molecule has 2 fully saturated rings. The number of halogens is 3. The summed E-state index contributed by atoms with van der Waals surface area (Å²) in [6.45, 7) is 0.681. The van der Waals surface area contributed by atoms with Crippen LogP contribution in [0.3, 0.4) is 0 Å². The molecule has 0 radical (unpaired) electrons. The van der Waals surface area contributed by atoms with E-state index in [0.29, 0.717) is 37.4 Å². The number of hydrogen-bond donors (Lipinski definition) is 5. The standard InChI is InChI=1S/C23H32N10O4S.C2HF3O2/c1-38(36,37)31-9-6-14(7-10-31)33-13-18(20(30-33)21(25)34)28-23(35)15-12-26-32-11-8-19(29-22(15)32)27-17-5-3-2-4-16(17)24;3-2(4,5)1(6)7/h8,11-14,16-17H,2-7,9-10,24H2,1H3,(H2,25,34)(H,27,29)(H,28,35);(H,6,7)/t16-,17+;/m1./s1. The Labute approximate surface area is 255 Å². The van der Waals surface area contributed by atoms with Gasteiger partial charge in [-0.2, -0.15) is 23.4 Å². The summed E-state index contributed by atoms with van der Waals surface area (Å²) in [5, 5.41) is 21.8. The summed E-state index contributed by atoms with van der Waals surface area (Å²) in [6.07, 6.45) is 5.91. The zero-order chi connectivity index (χ0) is 33.1. The van der Waals surface area contributed by atoms with Crippen molar-refractivity contribution < 1.29 is 41.1 Å². The third-order valence-corrected chi connectivity index (χ3v) is 8.79. The van der Waals surface area contributed by atoms with Crippen molar-refractivity contribution in [3.8, 4) is 0 Å². The number of carboxylic acids is 1. The van der Waals surface area contributed by atoms with E-state index in [2.05, 4.69) is 25.8 Å². The van der Waals surface area contributed by atoms with E-state index in [4.69, 9.17) is 21.4 Å². The van der Waals surface area contributed by atoms with Crippen LogP contribution < -0.4 is 22.1 Å². The smallest absolute Gasteiger partial charge is 0.475 e. The van der Waals surface area contributed by atoms with Crippen LogP contribution in [0.2, 0.25) is 0 Å². The van der Waals surface area contributed by atoms with E-state index in [1.807, 2.05) is 0 Å². The highest BCUT2D eigenvalue weighted by Crippen LogP contribution is 2.27. The molecule has 0 unspecified atom stereocenters. The lowest BCUT2D eigenvalue weighted by atomic mass is 9.91. The van der Waals surface area contributed by atoms with Gasteiger partial charge < -0.3 is 27.2 Å². The minimum Gasteiger partial charge on any atom is -0.475 e. The second-order valence-electron chi connectivity index (χ2n) is 10.7. The molecule has 7 N–H and O–H groups in total. The summed E-state index contributed by atoms with van der Waals surface area (Å²) in [7, 11) is -3.27. The molecular weight excluding hydrogens is 625 g/mol. The minimum atomic E-state index is -5.08. The summed E-state index contributed by atoms with van der Waals surface area (Å²) in [5.41, 5.74) is 12.4. The molecule has 0 spiro atoms. The van der Waals surface area contributed by atoms with E-state index in [1.165, 1.54) is 21.3 Å². The van der Waals surface area contributed by atoms with E-state index in [1.54, 1.807) is 23.1 Å². The molecule has 246 valence electrons. The highest BCUT2D eigenvalue weighted by Gasteiger charge is 2.38. The molecule has 5 rings (SSSR count). The zero-order valence-corrected chi connectivity index (χ0v) is 24.9. The molecule has 4 heterocycles. The summed E-state index contributed by atoms with van der Waals surface area (Å²) in [4.78, 5) is 38.8. The van der Waals surface area contributed by atoms with Crippen LogP contribution in [0.15, 0.2) is 24.7 Å². The Morgan fingerprint density at radius 1 is 1.11 bits per heavy atom. The predicted octanol–water partition coefficient (Wildman–Crippen LogP) is 1.19. The number of nitrogens with zero attached hydrogens (tertiary/aromatic N) is 6. The maximum Gasteiger partial charge on any atom is 0.490 e. The fraction of sp³-hybridized carbons (Fsp3) is 0.520. The molecule has 2 aliphatic rings. The predicted molar refractivity (Wildman–Crippen MR) is 154 cm³/mol. The van der Waals surface area contributed by atoms with Gasteiger partial charge in [-0.15, -0.1) is 0 Å². The Morgan fingerprint density at radius 3 is 2.33 bits per heavy atom. The lowest BCUT2D eigenvalue weighted by Gasteiger charge is -2.30. The molecule has 1 saturated carbocycles. The number of fused-ring (bicyclic) bond motifs is 1. The highest BCUT2D eigenvalue weighted by molar-refractivity contribution is 7.88. The highest BCUT2D eigenvalue weighted by atomic mass is 32.2. The lowest BCUT2D eigenvalue weighted by Crippen LogP contribution is -2.42. The third kappa shape index (κ3) is 8.25. The number of nitrogens with two attached hydrogens (primary N) is 2. The van der Waals surface area contributed by atoms with Gasteiger partial charge in [-0.25, -0.2) is 27.0 Å². The number of rotatable bonds is 7. The Kier molecular flexibility index (Phi) is 9.98. The quantitative estimate of drug-likeness (QED) is 0.242. The van der Waals surface area contributed by atoms with E-state index in [-0.39, 0.29) is 35.1 Å². The minimum absolute atomic E-state index is 0.0387. The summed E-state index contributed by atoms with van der Waals surface area (Å²) >= 11 is 0. The van der Waals surface area contributed by atoms with E-state index < -0.39 is 34.0 Å². The first-order valence-electron chi connectivity index (χ1n) is 13.9. The molecule has 1 aliphatic heterocycles. The van der Waals surface area contributed by atoms with Gasteiger partial charge in [-0.1, -0.05) is 12.8 Å². The summed E-state index contributed by atoms with van der Waals surface area (Å²) in [6, 6.07) is 1.78. The normalized spacial score (nSPS) is 19.8. The number of sulfonamides is 1. The zero-order valence-electron chi connectivity index (χ0n) is 24.1. The van der Waals surface area contributed by atoms with Crippen LogP contribution in [0, 0.1) is 0 Å². The molecule has 16 nitrogen and oxygen atoms in total. The number of amides is 2. The van der Waals surface area contributed by atoms with Gasteiger partial charge in [0.05, 0.1) is 24.2 Å². The maximum atomic E-state index is 13.2. The van der Waals surface area contributed by atoms with Gasteiger partial charge in [0, 0.05) is 37.6 Å². The van der Waals surface area contributed by atoms with Gasteiger partial charge in [0.1, 0.15) is 11.4 Å². The van der Waals surface area contributed by atoms with Crippen LogP contribution in [0.25, 0.3) is 5.65 Å². The van der Waals surface area contributed by atoms with Crippen molar-refractivity contribution in [3.63, 3.8) is 0 Å². The second kappa shape index (κ2) is 13.4. The number of aromatic nitrogens is 5. The topological polar surface area (TPSA) is 233 Å². The molecule has 1 aliphatic carbocycles. The van der Waals surface area contributed by atoms with Gasteiger partial charge >= 0.3 is 12.1 Å². The lowest BCUT2D eigenvalue weighted by molar-refractivity contribution is -0.192. The number of alkyl halides is 3. The number of anilines is 2. The molecule has 0 aromatic carbocycles. The molecule has 2 atom stereocenters. The average Bonchev–Trinajstić information content (AvgIpc) is 3.58. The molecule has 3 aromatic heterocycles. The number of carbonyl (C=O) groups is 3. The van der Waals surface area contributed by atoms with Gasteiger partial charge in [0.15, 0.2) is 11.3 Å². The number of carbonyl (C=O) groups excluding carboxylic acids is 2. The fourth-order valence-corrected chi connectivity index (χ4v) is 5.99. The number of hydrogen-bond acceptors (Lipinski definition) is 10. The van der Waals surface area contributed by atoms with Gasteiger partial charge in [-0.3, -0.25) is 14.3 Å². The van der Waals surface area contributed by atoms with Gasteiger partial charge in [-0.05, 0) is 31.7 Å². The van der Waals surface area contributed by atoms with Crippen molar-refractivity contribution in [1.82, 2.24) is 28.7 Å². The van der Waals surface area contributed by atoms with Crippen molar-refractivity contribution >= 4 is 45.0 Å². The first kappa shape index (κ1) is 33.6. The molecule has 45 heavy (non-hydrogen) atoms. The molecule has 0 bridgehead atoms. The molecule has 1 saturated heterocycles. The second-order valence-corrected chi connectivity index (χ2v) is 12.7. The number of primary amides is 1. The largest absolute Gasteiger partial charge is 0.490 e. The van der Waals surface area contributed by atoms with Gasteiger partial charge in [0.25, 0.3) is 11.8 Å².